The van der Waals surface area contributed by atoms with E-state index >= 15 is 0 Å². The monoisotopic (exact) mass is 290 g/mol. The van der Waals surface area contributed by atoms with E-state index in [0.717, 1.165) is 0 Å². The molecule has 0 spiro atoms. The lowest BCUT2D eigenvalue weighted by Gasteiger charge is -2.07. The summed E-state index contributed by atoms with van der Waals surface area (Å²) in [7, 11) is 0. The van der Waals surface area contributed by atoms with Gasteiger partial charge in [-0.1, -0.05) is 17.8 Å². The number of aromatic hydroxyl groups is 1. The number of hydrogen-bond donors (Lipinski definition) is 2. The molecule has 2 aromatic heterocycles. The normalized spacial score (nSPS) is 13.0. The van der Waals surface area contributed by atoms with Crippen molar-refractivity contribution in [1.29, 1.82) is 0 Å². The van der Waals surface area contributed by atoms with Gasteiger partial charge in [0, 0.05) is 18.5 Å². The molecule has 3 rings (SSSR count). The number of carbonyl (C=O) groups is 1. The van der Waals surface area contributed by atoms with Gasteiger partial charge in [-0.05, 0) is 12.1 Å². The fourth-order valence-electron chi connectivity index (χ4n) is 1.87. The lowest BCUT2D eigenvalue weighted by atomic mass is 10.3. The largest absolute Gasteiger partial charge is 0.493 e. The van der Waals surface area contributed by atoms with E-state index in [9.17, 15) is 14.7 Å². The lowest BCUT2D eigenvalue weighted by molar-refractivity contribution is 0.102. The van der Waals surface area contributed by atoms with Gasteiger partial charge in [-0.15, -0.1) is 0 Å². The zero-order chi connectivity index (χ0) is 14.1. The summed E-state index contributed by atoms with van der Waals surface area (Å²) in [5, 5.41) is 12.7. The van der Waals surface area contributed by atoms with Crippen molar-refractivity contribution in [1.82, 2.24) is 14.5 Å². The van der Waals surface area contributed by atoms with E-state index in [1.165, 1.54) is 22.5 Å². The summed E-state index contributed by atoms with van der Waals surface area (Å²) in [6, 6.07) is 4.99. The van der Waals surface area contributed by atoms with Crippen molar-refractivity contribution in [3.63, 3.8) is 0 Å². The number of aromatic nitrogens is 3. The Bertz CT molecular complexity index is 729. The van der Waals surface area contributed by atoms with Crippen LogP contribution in [0.2, 0.25) is 0 Å². The minimum absolute atomic E-state index is 0.302. The van der Waals surface area contributed by atoms with Gasteiger partial charge in [0.25, 0.3) is 11.5 Å². The number of nitrogens with zero attached hydrogens (tertiary/aromatic N) is 3. The Balaban J connectivity index is 1.98. The van der Waals surface area contributed by atoms with Crippen LogP contribution < -0.4 is 10.9 Å². The zero-order valence-electron chi connectivity index (χ0n) is 10.2. The summed E-state index contributed by atoms with van der Waals surface area (Å²) >= 11 is 1.37. The number of amides is 1. The molecular formula is C12H10N4O3S. The summed E-state index contributed by atoms with van der Waals surface area (Å²) in [5.74, 6) is -0.265. The van der Waals surface area contributed by atoms with Gasteiger partial charge in [0.2, 0.25) is 5.88 Å². The van der Waals surface area contributed by atoms with Crippen LogP contribution in [0.3, 0.4) is 0 Å². The van der Waals surface area contributed by atoms with E-state index < -0.39 is 17.3 Å². The maximum atomic E-state index is 12.2. The van der Waals surface area contributed by atoms with Crippen molar-refractivity contribution in [2.24, 2.45) is 0 Å². The maximum Gasteiger partial charge on any atom is 0.271 e. The van der Waals surface area contributed by atoms with Crippen molar-refractivity contribution in [3.05, 3.63) is 40.3 Å². The number of hydrogen-bond acceptors (Lipinski definition) is 6. The Kier molecular flexibility index (Phi) is 3.15. The van der Waals surface area contributed by atoms with Crippen LogP contribution in [0.4, 0.5) is 5.82 Å². The van der Waals surface area contributed by atoms with E-state index in [4.69, 9.17) is 0 Å². The number of rotatable bonds is 2. The Morgan fingerprint density at radius 3 is 3.05 bits per heavy atom. The second-order valence-corrected chi connectivity index (χ2v) is 5.13. The minimum Gasteiger partial charge on any atom is -0.493 e. The first-order chi connectivity index (χ1) is 9.66. The fourth-order valence-corrected chi connectivity index (χ4v) is 2.81. The summed E-state index contributed by atoms with van der Waals surface area (Å²) < 4.78 is 1.39. The highest BCUT2D eigenvalue weighted by Gasteiger charge is 2.25. The molecule has 2 N–H and O–H groups in total. The van der Waals surface area contributed by atoms with Crippen LogP contribution in [-0.2, 0) is 6.54 Å². The summed E-state index contributed by atoms with van der Waals surface area (Å²) in [4.78, 5) is 32.1. The summed E-state index contributed by atoms with van der Waals surface area (Å²) in [6.45, 7) is 0.482. The molecule has 7 nitrogen and oxygen atoms in total. The van der Waals surface area contributed by atoms with Crippen LogP contribution in [0.15, 0.2) is 34.3 Å². The molecule has 0 bridgehead atoms. The number of anilines is 1. The zero-order valence-corrected chi connectivity index (χ0v) is 11.1. The fraction of sp³-hybridized carbons (Fsp3) is 0.167. The smallest absolute Gasteiger partial charge is 0.271 e. The molecule has 1 aliphatic heterocycles. The molecule has 0 fully saturated rings. The number of carbonyl (C=O) groups excluding carboxylic acids is 1. The number of pyridine rings is 1. The molecule has 3 heterocycles. The Hall–Kier alpha value is -2.35. The predicted molar refractivity (Wildman–Crippen MR) is 73.1 cm³/mol. The highest BCUT2D eigenvalue weighted by molar-refractivity contribution is 7.99. The molecule has 2 aromatic rings. The third-order valence-electron chi connectivity index (χ3n) is 2.79. The summed E-state index contributed by atoms with van der Waals surface area (Å²) in [6.07, 6.45) is 1.51. The van der Waals surface area contributed by atoms with Crippen molar-refractivity contribution in [2.45, 2.75) is 11.7 Å². The van der Waals surface area contributed by atoms with Gasteiger partial charge in [-0.25, -0.2) is 4.98 Å². The third kappa shape index (κ3) is 2.14. The molecule has 1 aliphatic rings. The SMILES string of the molecule is O=C(Nc1ccccn1)c1c(O)nc2n(c1=O)CCS2. The average molecular weight is 290 g/mol. The second-order valence-electron chi connectivity index (χ2n) is 4.07. The van der Waals surface area contributed by atoms with Crippen LogP contribution in [0.25, 0.3) is 0 Å². The quantitative estimate of drug-likeness (QED) is 0.790. The van der Waals surface area contributed by atoms with Crippen LogP contribution in [0, 0.1) is 0 Å². The van der Waals surface area contributed by atoms with Gasteiger partial charge in [-0.3, -0.25) is 14.2 Å². The number of nitrogens with one attached hydrogen (secondary N) is 1. The van der Waals surface area contributed by atoms with Crippen molar-refractivity contribution in [3.8, 4) is 5.88 Å². The number of fused-ring (bicyclic) bond motifs is 1. The topological polar surface area (TPSA) is 97.1 Å². The van der Waals surface area contributed by atoms with E-state index in [-0.39, 0.29) is 5.56 Å². The van der Waals surface area contributed by atoms with E-state index in [2.05, 4.69) is 15.3 Å². The van der Waals surface area contributed by atoms with Crippen LogP contribution in [-0.4, -0.2) is 31.3 Å². The lowest BCUT2D eigenvalue weighted by Crippen LogP contribution is -2.30. The first-order valence-corrected chi connectivity index (χ1v) is 6.84. The van der Waals surface area contributed by atoms with Crippen LogP contribution in [0.1, 0.15) is 10.4 Å². The predicted octanol–water partition coefficient (Wildman–Crippen LogP) is 0.702. The van der Waals surface area contributed by atoms with E-state index in [0.29, 0.717) is 23.3 Å². The second kappa shape index (κ2) is 4.97. The average Bonchev–Trinajstić information content (AvgIpc) is 2.88. The van der Waals surface area contributed by atoms with E-state index in [1.54, 1.807) is 18.2 Å². The minimum atomic E-state index is -0.717. The van der Waals surface area contributed by atoms with Crippen molar-refractivity contribution < 1.29 is 9.90 Å². The van der Waals surface area contributed by atoms with Gasteiger partial charge in [0.1, 0.15) is 5.82 Å². The van der Waals surface area contributed by atoms with Gasteiger partial charge in [0.15, 0.2) is 10.7 Å². The summed E-state index contributed by atoms with van der Waals surface area (Å²) in [5.41, 5.74) is -0.896. The molecule has 20 heavy (non-hydrogen) atoms. The molecular weight excluding hydrogens is 280 g/mol. The molecule has 0 atom stereocenters. The molecule has 0 saturated carbocycles. The van der Waals surface area contributed by atoms with Crippen molar-refractivity contribution in [2.75, 3.05) is 11.1 Å². The van der Waals surface area contributed by atoms with Gasteiger partial charge < -0.3 is 10.4 Å². The first-order valence-electron chi connectivity index (χ1n) is 5.86. The molecule has 8 heteroatoms. The standard InChI is InChI=1S/C12H10N4O3S/c17-9(14-7-3-1-2-4-13-7)8-10(18)15-12-16(11(8)19)5-6-20-12/h1-4,18H,5-6H2,(H,13,14,17). The van der Waals surface area contributed by atoms with Crippen LogP contribution in [0.5, 0.6) is 5.88 Å². The van der Waals surface area contributed by atoms with E-state index in [1.807, 2.05) is 0 Å². The first kappa shape index (κ1) is 12.7. The molecule has 0 radical (unpaired) electrons. The molecule has 0 saturated heterocycles. The maximum absolute atomic E-state index is 12.2. The Morgan fingerprint density at radius 2 is 2.30 bits per heavy atom. The highest BCUT2D eigenvalue weighted by Crippen LogP contribution is 2.24. The molecule has 102 valence electrons. The van der Waals surface area contributed by atoms with Crippen molar-refractivity contribution >= 4 is 23.5 Å². The van der Waals surface area contributed by atoms with Gasteiger partial charge in [-0.2, -0.15) is 4.98 Å². The van der Waals surface area contributed by atoms with Gasteiger partial charge >= 0.3 is 0 Å². The number of thioether (sulfide) groups is 1. The van der Waals surface area contributed by atoms with Gasteiger partial charge in [0.05, 0.1) is 0 Å². The molecule has 0 unspecified atom stereocenters. The Morgan fingerprint density at radius 1 is 1.45 bits per heavy atom. The third-order valence-corrected chi connectivity index (χ3v) is 3.75. The molecule has 0 aromatic carbocycles. The Labute approximate surface area is 117 Å². The molecule has 0 aliphatic carbocycles. The molecule has 1 amide bonds. The highest BCUT2D eigenvalue weighted by atomic mass is 32.2. The van der Waals surface area contributed by atoms with Crippen LogP contribution >= 0.6 is 11.8 Å².